The highest BCUT2D eigenvalue weighted by Gasteiger charge is 2.05. The van der Waals surface area contributed by atoms with Crippen LogP contribution < -0.4 is 11.1 Å². The maximum Gasteiger partial charge on any atom is 0.321 e. The molecule has 16 heavy (non-hydrogen) atoms. The fourth-order valence-electron chi connectivity index (χ4n) is 1.05. The Morgan fingerprint density at radius 2 is 2.19 bits per heavy atom. The molecule has 6 nitrogen and oxygen atoms in total. The molecule has 1 aromatic carbocycles. The zero-order valence-electron chi connectivity index (χ0n) is 9.14. The standard InChI is InChI=1S/C10H14N4O2/c1-14(2)10(15)12-8-5-3-4-7(6-8)9(11)13-16/h3-6,16H,1-2H3,(H2,11,13)(H,12,15). The van der Waals surface area contributed by atoms with Gasteiger partial charge in [0.2, 0.25) is 0 Å². The minimum absolute atomic E-state index is 0.000882. The molecule has 0 aliphatic carbocycles. The summed E-state index contributed by atoms with van der Waals surface area (Å²) in [6, 6.07) is 6.49. The van der Waals surface area contributed by atoms with E-state index in [1.807, 2.05) is 0 Å². The fraction of sp³-hybridized carbons (Fsp3) is 0.200. The Bertz CT molecular complexity index is 415. The van der Waals surface area contributed by atoms with Gasteiger partial charge in [0, 0.05) is 25.3 Å². The normalized spacial score (nSPS) is 11.0. The van der Waals surface area contributed by atoms with Gasteiger partial charge in [-0.15, -0.1) is 0 Å². The van der Waals surface area contributed by atoms with E-state index < -0.39 is 0 Å². The lowest BCUT2D eigenvalue weighted by Gasteiger charge is -2.12. The number of benzene rings is 1. The Labute approximate surface area is 93.3 Å². The first kappa shape index (κ1) is 11.8. The van der Waals surface area contributed by atoms with Crippen molar-refractivity contribution in [2.75, 3.05) is 19.4 Å². The van der Waals surface area contributed by atoms with E-state index in [4.69, 9.17) is 10.9 Å². The third kappa shape index (κ3) is 2.88. The summed E-state index contributed by atoms with van der Waals surface area (Å²) in [5.41, 5.74) is 6.56. The summed E-state index contributed by atoms with van der Waals surface area (Å²) in [7, 11) is 3.28. The minimum atomic E-state index is -0.239. The van der Waals surface area contributed by atoms with Crippen LogP contribution in [-0.2, 0) is 0 Å². The molecule has 86 valence electrons. The molecular weight excluding hydrogens is 208 g/mol. The third-order valence-electron chi connectivity index (χ3n) is 1.92. The number of oxime groups is 1. The molecule has 0 aromatic heterocycles. The van der Waals surface area contributed by atoms with E-state index in [0.29, 0.717) is 11.3 Å². The summed E-state index contributed by atoms with van der Waals surface area (Å²) in [5.74, 6) is 0.000882. The third-order valence-corrected chi connectivity index (χ3v) is 1.92. The van der Waals surface area contributed by atoms with E-state index in [2.05, 4.69) is 10.5 Å². The van der Waals surface area contributed by atoms with Gasteiger partial charge < -0.3 is 21.2 Å². The van der Waals surface area contributed by atoms with Crippen molar-refractivity contribution in [1.29, 1.82) is 0 Å². The molecule has 0 unspecified atom stereocenters. The number of hydrogen-bond donors (Lipinski definition) is 3. The molecule has 2 amide bonds. The second-order valence-corrected chi connectivity index (χ2v) is 3.39. The van der Waals surface area contributed by atoms with Gasteiger partial charge in [-0.3, -0.25) is 0 Å². The van der Waals surface area contributed by atoms with Crippen LogP contribution in [0.3, 0.4) is 0 Å². The summed E-state index contributed by atoms with van der Waals surface area (Å²) in [6.45, 7) is 0. The summed E-state index contributed by atoms with van der Waals surface area (Å²) in [4.78, 5) is 12.8. The lowest BCUT2D eigenvalue weighted by molar-refractivity contribution is 0.230. The molecule has 0 atom stereocenters. The van der Waals surface area contributed by atoms with Gasteiger partial charge >= 0.3 is 6.03 Å². The molecule has 0 fully saturated rings. The molecule has 6 heteroatoms. The molecule has 4 N–H and O–H groups in total. The molecule has 0 bridgehead atoms. The number of urea groups is 1. The Morgan fingerprint density at radius 3 is 2.75 bits per heavy atom. The average Bonchev–Trinajstić information content (AvgIpc) is 2.28. The highest BCUT2D eigenvalue weighted by atomic mass is 16.4. The number of nitrogens with zero attached hydrogens (tertiary/aromatic N) is 2. The average molecular weight is 222 g/mol. The number of nitrogens with two attached hydrogens (primary N) is 1. The van der Waals surface area contributed by atoms with Gasteiger partial charge in [-0.2, -0.15) is 0 Å². The van der Waals surface area contributed by atoms with Gasteiger partial charge in [-0.1, -0.05) is 17.3 Å². The topological polar surface area (TPSA) is 91.0 Å². The van der Waals surface area contributed by atoms with Crippen LogP contribution in [0.1, 0.15) is 5.56 Å². The molecule has 0 saturated heterocycles. The van der Waals surface area contributed by atoms with Crippen molar-refractivity contribution in [3.63, 3.8) is 0 Å². The number of anilines is 1. The Morgan fingerprint density at radius 1 is 1.50 bits per heavy atom. The zero-order chi connectivity index (χ0) is 12.1. The number of amides is 2. The SMILES string of the molecule is CN(C)C(=O)Nc1cccc(C(N)=NO)c1. The van der Waals surface area contributed by atoms with Crippen LogP contribution >= 0.6 is 0 Å². The largest absolute Gasteiger partial charge is 0.409 e. The molecule has 0 saturated carbocycles. The quantitative estimate of drug-likeness (QED) is 0.300. The summed E-state index contributed by atoms with van der Waals surface area (Å²) < 4.78 is 0. The van der Waals surface area contributed by atoms with E-state index in [0.717, 1.165) is 0 Å². The van der Waals surface area contributed by atoms with Crippen LogP contribution in [0.15, 0.2) is 29.4 Å². The highest BCUT2D eigenvalue weighted by Crippen LogP contribution is 2.10. The highest BCUT2D eigenvalue weighted by molar-refractivity contribution is 5.98. The Kier molecular flexibility index (Phi) is 3.71. The molecule has 0 heterocycles. The van der Waals surface area contributed by atoms with Crippen LogP contribution in [0.2, 0.25) is 0 Å². The molecular formula is C10H14N4O2. The molecule has 1 aromatic rings. The van der Waals surface area contributed by atoms with Crippen LogP contribution in [0, 0.1) is 0 Å². The predicted octanol–water partition coefficient (Wildman–Crippen LogP) is 0.875. The smallest absolute Gasteiger partial charge is 0.321 e. The van der Waals surface area contributed by atoms with E-state index in [-0.39, 0.29) is 11.9 Å². The first-order valence-corrected chi connectivity index (χ1v) is 4.61. The summed E-state index contributed by atoms with van der Waals surface area (Å²) >= 11 is 0. The van der Waals surface area contributed by atoms with Gasteiger partial charge in [-0.25, -0.2) is 4.79 Å². The van der Waals surface area contributed by atoms with Crippen molar-refractivity contribution in [3.05, 3.63) is 29.8 Å². The number of hydrogen-bond acceptors (Lipinski definition) is 3. The molecule has 0 radical (unpaired) electrons. The zero-order valence-corrected chi connectivity index (χ0v) is 9.14. The lowest BCUT2D eigenvalue weighted by atomic mass is 10.2. The van der Waals surface area contributed by atoms with Crippen molar-refractivity contribution in [1.82, 2.24) is 4.90 Å². The number of nitrogens with one attached hydrogen (secondary N) is 1. The van der Waals surface area contributed by atoms with Gasteiger partial charge in [0.05, 0.1) is 0 Å². The van der Waals surface area contributed by atoms with Crippen molar-refractivity contribution in [2.24, 2.45) is 10.9 Å². The first-order valence-electron chi connectivity index (χ1n) is 4.61. The summed E-state index contributed by atoms with van der Waals surface area (Å²) in [6.07, 6.45) is 0. The van der Waals surface area contributed by atoms with E-state index in [1.54, 1.807) is 38.4 Å². The lowest BCUT2D eigenvalue weighted by Crippen LogP contribution is -2.27. The molecule has 0 aliphatic heterocycles. The maximum absolute atomic E-state index is 11.4. The summed E-state index contributed by atoms with van der Waals surface area (Å²) in [5, 5.41) is 14.1. The van der Waals surface area contributed by atoms with Crippen molar-refractivity contribution in [2.45, 2.75) is 0 Å². The Hall–Kier alpha value is -2.24. The molecule has 0 spiro atoms. The van der Waals surface area contributed by atoms with Gasteiger partial charge in [0.25, 0.3) is 0 Å². The van der Waals surface area contributed by atoms with E-state index in [1.165, 1.54) is 4.90 Å². The Balaban J connectivity index is 2.87. The first-order chi connectivity index (χ1) is 7.54. The van der Waals surface area contributed by atoms with Crippen LogP contribution in [0.4, 0.5) is 10.5 Å². The van der Waals surface area contributed by atoms with E-state index >= 15 is 0 Å². The van der Waals surface area contributed by atoms with Crippen LogP contribution in [-0.4, -0.2) is 36.1 Å². The fourth-order valence-corrected chi connectivity index (χ4v) is 1.05. The number of carbonyl (C=O) groups excluding carboxylic acids is 1. The van der Waals surface area contributed by atoms with Crippen molar-refractivity contribution >= 4 is 17.6 Å². The second-order valence-electron chi connectivity index (χ2n) is 3.39. The maximum atomic E-state index is 11.4. The van der Waals surface area contributed by atoms with Crippen molar-refractivity contribution < 1.29 is 10.0 Å². The minimum Gasteiger partial charge on any atom is -0.409 e. The molecule has 1 rings (SSSR count). The number of rotatable bonds is 2. The number of amidine groups is 1. The van der Waals surface area contributed by atoms with Crippen LogP contribution in [0.5, 0.6) is 0 Å². The second kappa shape index (κ2) is 5.01. The van der Waals surface area contributed by atoms with Gasteiger partial charge in [0.15, 0.2) is 5.84 Å². The van der Waals surface area contributed by atoms with E-state index in [9.17, 15) is 4.79 Å². The predicted molar refractivity (Wildman–Crippen MR) is 61.7 cm³/mol. The van der Waals surface area contributed by atoms with Gasteiger partial charge in [0.1, 0.15) is 0 Å². The van der Waals surface area contributed by atoms with Gasteiger partial charge in [-0.05, 0) is 12.1 Å². The number of carbonyl (C=O) groups is 1. The monoisotopic (exact) mass is 222 g/mol. The van der Waals surface area contributed by atoms with Crippen LogP contribution in [0.25, 0.3) is 0 Å². The molecule has 0 aliphatic rings. The van der Waals surface area contributed by atoms with Crippen molar-refractivity contribution in [3.8, 4) is 0 Å².